The van der Waals surface area contributed by atoms with E-state index in [9.17, 15) is 19.2 Å². The Bertz CT molecular complexity index is 1060. The molecule has 156 valence electrons. The zero-order valence-electron chi connectivity index (χ0n) is 16.6. The van der Waals surface area contributed by atoms with Crippen LogP contribution in [-0.4, -0.2) is 51.9 Å². The van der Waals surface area contributed by atoms with Gasteiger partial charge in [-0.3, -0.25) is 29.6 Å². The summed E-state index contributed by atoms with van der Waals surface area (Å²) in [7, 11) is 1.49. The molecule has 1 saturated heterocycles. The third-order valence-electron chi connectivity index (χ3n) is 5.38. The number of carbonyl (C=O) groups is 4. The number of H-pyrrole nitrogens is 1. The largest absolute Gasteiger partial charge is 0.480 e. The second-order valence-electron chi connectivity index (χ2n) is 7.17. The van der Waals surface area contributed by atoms with E-state index < -0.39 is 11.9 Å². The highest BCUT2D eigenvalue weighted by Crippen LogP contribution is 2.30. The van der Waals surface area contributed by atoms with Crippen molar-refractivity contribution in [3.05, 3.63) is 40.6 Å². The molecule has 4 rings (SSSR count). The highest BCUT2D eigenvalue weighted by atomic mass is 16.5. The molecule has 2 aliphatic rings. The quantitative estimate of drug-likeness (QED) is 0.629. The van der Waals surface area contributed by atoms with Gasteiger partial charge in [-0.2, -0.15) is 0 Å². The van der Waals surface area contributed by atoms with Crippen LogP contribution < -0.4 is 15.4 Å². The Labute approximate surface area is 172 Å². The molecule has 1 unspecified atom stereocenters. The van der Waals surface area contributed by atoms with Crippen molar-refractivity contribution >= 4 is 29.3 Å². The molecule has 0 radical (unpaired) electrons. The Balaban J connectivity index is 1.52. The normalized spacial score (nSPS) is 18.3. The number of aromatic nitrogens is 2. The summed E-state index contributed by atoms with van der Waals surface area (Å²) in [4.78, 5) is 50.4. The Hall–Kier alpha value is -3.69. The number of imide groups is 1. The van der Waals surface area contributed by atoms with E-state index in [-0.39, 0.29) is 30.7 Å². The highest BCUT2D eigenvalue weighted by molar-refractivity contribution is 6.07. The van der Waals surface area contributed by atoms with Crippen LogP contribution in [0.1, 0.15) is 51.7 Å². The lowest BCUT2D eigenvalue weighted by molar-refractivity contribution is -0.136. The van der Waals surface area contributed by atoms with E-state index in [1.54, 1.807) is 18.2 Å². The van der Waals surface area contributed by atoms with Gasteiger partial charge in [-0.05, 0) is 36.6 Å². The van der Waals surface area contributed by atoms with Gasteiger partial charge in [-0.15, -0.1) is 5.10 Å². The smallest absolute Gasteiger partial charge is 0.274 e. The van der Waals surface area contributed by atoms with Gasteiger partial charge in [0.15, 0.2) is 0 Å². The lowest BCUT2D eigenvalue weighted by atomic mass is 10.0. The summed E-state index contributed by atoms with van der Waals surface area (Å²) < 4.78 is 5.16. The molecule has 1 atom stereocenters. The molecule has 10 heteroatoms. The van der Waals surface area contributed by atoms with Gasteiger partial charge >= 0.3 is 0 Å². The van der Waals surface area contributed by atoms with Crippen LogP contribution in [0, 0.1) is 0 Å². The average Bonchev–Trinajstić information content (AvgIpc) is 3.28. The van der Waals surface area contributed by atoms with E-state index in [2.05, 4.69) is 20.8 Å². The molecule has 4 amide bonds. The number of anilines is 1. The summed E-state index contributed by atoms with van der Waals surface area (Å²) in [5.74, 6) is -1.03. The minimum absolute atomic E-state index is 0.200. The Morgan fingerprint density at radius 3 is 2.83 bits per heavy atom. The maximum absolute atomic E-state index is 12.7. The number of ether oxygens (including phenoxy) is 1. The number of methoxy groups -OCH3 is 1. The van der Waals surface area contributed by atoms with Gasteiger partial charge in [0, 0.05) is 29.8 Å². The maximum atomic E-state index is 12.7. The van der Waals surface area contributed by atoms with Gasteiger partial charge in [0.05, 0.1) is 7.11 Å². The van der Waals surface area contributed by atoms with E-state index in [1.165, 1.54) is 12.0 Å². The van der Waals surface area contributed by atoms with Gasteiger partial charge in [0.1, 0.15) is 11.7 Å². The summed E-state index contributed by atoms with van der Waals surface area (Å²) in [6, 6.07) is 4.32. The SMILES string of the molecule is CCc1c(OC)n[nH]c1C(=O)Nc1ccc2c(c1)CN(C1CCC(=O)NC1=O)C2=O. The number of carbonyl (C=O) groups excluding carboxylic acids is 4. The number of amides is 4. The second kappa shape index (κ2) is 7.62. The Morgan fingerprint density at radius 1 is 1.33 bits per heavy atom. The molecule has 0 spiro atoms. The zero-order chi connectivity index (χ0) is 21.4. The van der Waals surface area contributed by atoms with Crippen LogP contribution in [0.2, 0.25) is 0 Å². The minimum Gasteiger partial charge on any atom is -0.480 e. The van der Waals surface area contributed by atoms with Crippen molar-refractivity contribution in [1.82, 2.24) is 20.4 Å². The highest BCUT2D eigenvalue weighted by Gasteiger charge is 2.39. The molecule has 0 bridgehead atoms. The fraction of sp³-hybridized carbons (Fsp3) is 0.350. The lowest BCUT2D eigenvalue weighted by Gasteiger charge is -2.29. The molecular formula is C20H21N5O5. The number of rotatable bonds is 5. The number of nitrogens with zero attached hydrogens (tertiary/aromatic N) is 2. The van der Waals surface area contributed by atoms with Crippen molar-refractivity contribution < 1.29 is 23.9 Å². The molecule has 30 heavy (non-hydrogen) atoms. The second-order valence-corrected chi connectivity index (χ2v) is 7.17. The number of fused-ring (bicyclic) bond motifs is 1. The first kappa shape index (κ1) is 19.6. The number of aromatic amines is 1. The predicted octanol–water partition coefficient (Wildman–Crippen LogP) is 0.994. The molecule has 1 aromatic heterocycles. The molecule has 2 aliphatic heterocycles. The first-order chi connectivity index (χ1) is 14.4. The van der Waals surface area contributed by atoms with Crippen molar-refractivity contribution in [2.24, 2.45) is 0 Å². The topological polar surface area (TPSA) is 133 Å². The predicted molar refractivity (Wildman–Crippen MR) is 105 cm³/mol. The van der Waals surface area contributed by atoms with Gasteiger partial charge in [-0.25, -0.2) is 0 Å². The van der Waals surface area contributed by atoms with Gasteiger partial charge in [-0.1, -0.05) is 6.92 Å². The lowest BCUT2D eigenvalue weighted by Crippen LogP contribution is -2.52. The average molecular weight is 411 g/mol. The summed E-state index contributed by atoms with van der Waals surface area (Å²) in [5.41, 5.74) is 2.70. The summed E-state index contributed by atoms with van der Waals surface area (Å²) in [5, 5.41) is 11.8. The van der Waals surface area contributed by atoms with Crippen LogP contribution in [0.25, 0.3) is 0 Å². The monoisotopic (exact) mass is 411 g/mol. The fourth-order valence-corrected chi connectivity index (χ4v) is 3.88. The van der Waals surface area contributed by atoms with Gasteiger partial charge in [0.25, 0.3) is 11.8 Å². The third kappa shape index (κ3) is 3.30. The molecule has 0 saturated carbocycles. The van der Waals surface area contributed by atoms with Crippen molar-refractivity contribution in [2.45, 2.75) is 38.8 Å². The van der Waals surface area contributed by atoms with Crippen LogP contribution in [0.4, 0.5) is 5.69 Å². The minimum atomic E-state index is -0.676. The molecule has 1 aromatic carbocycles. The van der Waals surface area contributed by atoms with E-state index >= 15 is 0 Å². The molecule has 2 aromatic rings. The van der Waals surface area contributed by atoms with E-state index in [1.807, 2.05) is 6.92 Å². The van der Waals surface area contributed by atoms with Crippen LogP contribution in [-0.2, 0) is 22.6 Å². The molecule has 3 heterocycles. The zero-order valence-corrected chi connectivity index (χ0v) is 16.6. The van der Waals surface area contributed by atoms with E-state index in [0.717, 1.165) is 0 Å². The molecule has 3 N–H and O–H groups in total. The van der Waals surface area contributed by atoms with Gasteiger partial charge < -0.3 is 15.0 Å². The molecule has 1 fully saturated rings. The number of hydrogen-bond acceptors (Lipinski definition) is 6. The fourth-order valence-electron chi connectivity index (χ4n) is 3.88. The molecular weight excluding hydrogens is 390 g/mol. The Morgan fingerprint density at radius 2 is 2.13 bits per heavy atom. The van der Waals surface area contributed by atoms with Crippen molar-refractivity contribution in [2.75, 3.05) is 12.4 Å². The van der Waals surface area contributed by atoms with Crippen molar-refractivity contribution in [3.63, 3.8) is 0 Å². The van der Waals surface area contributed by atoms with Crippen LogP contribution >= 0.6 is 0 Å². The first-order valence-electron chi connectivity index (χ1n) is 9.63. The molecule has 10 nitrogen and oxygen atoms in total. The standard InChI is InChI=1S/C20H21N5O5/c1-3-12-16(23-24-19(12)30-2)18(28)21-11-4-5-13-10(8-11)9-25(20(13)29)14-6-7-15(26)22-17(14)27/h4-5,8,14H,3,6-7,9H2,1-2H3,(H,21,28)(H,23,24)(H,22,26,27). The number of benzene rings is 1. The first-order valence-corrected chi connectivity index (χ1v) is 9.63. The third-order valence-corrected chi connectivity index (χ3v) is 5.38. The summed E-state index contributed by atoms with van der Waals surface area (Å²) >= 11 is 0. The number of piperidine rings is 1. The van der Waals surface area contributed by atoms with E-state index in [0.29, 0.717) is 46.8 Å². The van der Waals surface area contributed by atoms with E-state index in [4.69, 9.17) is 4.74 Å². The number of hydrogen-bond donors (Lipinski definition) is 3. The number of nitrogens with one attached hydrogen (secondary N) is 3. The summed E-state index contributed by atoms with van der Waals surface area (Å²) in [6.45, 7) is 2.14. The van der Waals surface area contributed by atoms with Crippen molar-refractivity contribution in [1.29, 1.82) is 0 Å². The van der Waals surface area contributed by atoms with Crippen LogP contribution in [0.15, 0.2) is 18.2 Å². The Kier molecular flexibility index (Phi) is 4.98. The summed E-state index contributed by atoms with van der Waals surface area (Å²) in [6.07, 6.45) is 1.07. The molecule has 0 aliphatic carbocycles. The van der Waals surface area contributed by atoms with Crippen molar-refractivity contribution in [3.8, 4) is 5.88 Å². The van der Waals surface area contributed by atoms with Crippen LogP contribution in [0.5, 0.6) is 5.88 Å². The van der Waals surface area contributed by atoms with Crippen LogP contribution in [0.3, 0.4) is 0 Å². The maximum Gasteiger partial charge on any atom is 0.274 e. The van der Waals surface area contributed by atoms with Gasteiger partial charge in [0.2, 0.25) is 17.7 Å².